The molecule has 2 heterocycles. The number of rotatable bonds is 6. The highest BCUT2D eigenvalue weighted by Gasteiger charge is 2.20. The van der Waals surface area contributed by atoms with Gasteiger partial charge in [0.2, 0.25) is 0 Å². The summed E-state index contributed by atoms with van der Waals surface area (Å²) >= 11 is 6.31. The Labute approximate surface area is 126 Å². The van der Waals surface area contributed by atoms with Crippen LogP contribution in [0.25, 0.3) is 11.2 Å². The summed E-state index contributed by atoms with van der Waals surface area (Å²) in [6.07, 6.45) is 3.26. The summed E-state index contributed by atoms with van der Waals surface area (Å²) in [5, 5.41) is 4.49. The lowest BCUT2D eigenvalue weighted by molar-refractivity contribution is 0.504. The summed E-state index contributed by atoms with van der Waals surface area (Å²) in [6, 6.07) is 0. The number of hydrogen-bond donors (Lipinski definition) is 0. The topological polar surface area (TPSA) is 35.6 Å². The van der Waals surface area contributed by atoms with Crippen molar-refractivity contribution in [3.05, 3.63) is 11.5 Å². The largest absolute Gasteiger partial charge is 0.312 e. The molecule has 0 radical (unpaired) electrons. The van der Waals surface area contributed by atoms with Crippen LogP contribution in [0.1, 0.15) is 57.4 Å². The van der Waals surface area contributed by atoms with Crippen molar-refractivity contribution in [3.8, 4) is 0 Å². The summed E-state index contributed by atoms with van der Waals surface area (Å²) in [4.78, 5) is 4.75. The monoisotopic (exact) mass is 296 g/mol. The van der Waals surface area contributed by atoms with Crippen molar-refractivity contribution in [2.24, 2.45) is 13.0 Å². The van der Waals surface area contributed by atoms with Gasteiger partial charge in [-0.2, -0.15) is 5.10 Å². The predicted molar refractivity (Wildman–Crippen MR) is 84.2 cm³/mol. The molecule has 0 aliphatic heterocycles. The molecular weight excluding hydrogens is 272 g/mol. The number of aryl methyl sites for hydroxylation is 3. The van der Waals surface area contributed by atoms with Crippen molar-refractivity contribution in [1.29, 1.82) is 0 Å². The fourth-order valence-corrected chi connectivity index (χ4v) is 2.85. The fourth-order valence-electron chi connectivity index (χ4n) is 2.68. The van der Waals surface area contributed by atoms with Crippen LogP contribution in [0.2, 0.25) is 0 Å². The average Bonchev–Trinajstić information content (AvgIpc) is 2.88. The lowest BCUT2D eigenvalue weighted by Crippen LogP contribution is -2.09. The van der Waals surface area contributed by atoms with Gasteiger partial charge < -0.3 is 4.57 Å². The maximum absolute atomic E-state index is 6.31. The lowest BCUT2D eigenvalue weighted by Gasteiger charge is -2.11. The average molecular weight is 297 g/mol. The van der Waals surface area contributed by atoms with E-state index in [9.17, 15) is 0 Å². The number of alkyl halides is 1. The zero-order chi connectivity index (χ0) is 14.9. The summed E-state index contributed by atoms with van der Waals surface area (Å²) in [6.45, 7) is 9.58. The van der Waals surface area contributed by atoms with Gasteiger partial charge in [-0.25, -0.2) is 4.98 Å². The molecule has 2 aromatic rings. The highest BCUT2D eigenvalue weighted by atomic mass is 35.5. The van der Waals surface area contributed by atoms with Crippen molar-refractivity contribution < 1.29 is 0 Å². The number of hydrogen-bond acceptors (Lipinski definition) is 2. The number of aromatic nitrogens is 4. The van der Waals surface area contributed by atoms with Gasteiger partial charge in [-0.15, -0.1) is 11.6 Å². The van der Waals surface area contributed by atoms with E-state index >= 15 is 0 Å². The Morgan fingerprint density at radius 3 is 2.50 bits per heavy atom. The minimum Gasteiger partial charge on any atom is -0.312 e. The Kier molecular flexibility index (Phi) is 4.74. The van der Waals surface area contributed by atoms with Gasteiger partial charge in [0, 0.05) is 13.6 Å². The smallest absolute Gasteiger partial charge is 0.158 e. The van der Waals surface area contributed by atoms with Crippen LogP contribution in [0.15, 0.2) is 0 Å². The fraction of sp³-hybridized carbons (Fsp3) is 0.733. The Morgan fingerprint density at radius 2 is 1.95 bits per heavy atom. The summed E-state index contributed by atoms with van der Waals surface area (Å²) in [7, 11) is 1.99. The third-order valence-corrected chi connectivity index (χ3v) is 3.87. The van der Waals surface area contributed by atoms with Gasteiger partial charge in [-0.3, -0.25) is 4.68 Å². The van der Waals surface area contributed by atoms with E-state index in [0.717, 1.165) is 48.0 Å². The summed E-state index contributed by atoms with van der Waals surface area (Å²) in [5.74, 6) is 1.69. The number of nitrogens with zero attached hydrogens (tertiary/aromatic N) is 4. The standard InChI is InChI=1S/C15H25ClN4/c1-6-12-13-15(19(5)18-12)20(9-7-8-10(2)3)14(17-13)11(4)16/h10-11H,6-9H2,1-5H3. The van der Waals surface area contributed by atoms with E-state index in [-0.39, 0.29) is 5.38 Å². The second-order valence-electron chi connectivity index (χ2n) is 5.87. The zero-order valence-electron chi connectivity index (χ0n) is 13.1. The van der Waals surface area contributed by atoms with E-state index in [1.165, 1.54) is 6.42 Å². The third-order valence-electron chi connectivity index (χ3n) is 3.67. The predicted octanol–water partition coefficient (Wildman–Crippen LogP) is 4.07. The van der Waals surface area contributed by atoms with Crippen molar-refractivity contribution in [2.45, 2.75) is 58.9 Å². The summed E-state index contributed by atoms with van der Waals surface area (Å²) < 4.78 is 4.20. The Morgan fingerprint density at radius 1 is 1.25 bits per heavy atom. The van der Waals surface area contributed by atoms with Crippen LogP contribution in [0.3, 0.4) is 0 Å². The van der Waals surface area contributed by atoms with E-state index in [4.69, 9.17) is 16.6 Å². The molecule has 0 aromatic carbocycles. The Bertz CT molecular complexity index is 580. The zero-order valence-corrected chi connectivity index (χ0v) is 13.9. The molecule has 20 heavy (non-hydrogen) atoms. The Balaban J connectivity index is 2.42. The van der Waals surface area contributed by atoms with Crippen LogP contribution in [-0.2, 0) is 20.0 Å². The van der Waals surface area contributed by atoms with Crippen LogP contribution in [0.5, 0.6) is 0 Å². The van der Waals surface area contributed by atoms with Crippen molar-refractivity contribution in [3.63, 3.8) is 0 Å². The number of halogens is 1. The molecule has 0 aliphatic rings. The van der Waals surface area contributed by atoms with Gasteiger partial charge in [0.15, 0.2) is 5.65 Å². The van der Waals surface area contributed by atoms with E-state index in [0.29, 0.717) is 0 Å². The molecule has 0 N–H and O–H groups in total. The van der Waals surface area contributed by atoms with Gasteiger partial charge in [-0.05, 0) is 32.1 Å². The first-order chi connectivity index (χ1) is 9.45. The second-order valence-corrected chi connectivity index (χ2v) is 6.52. The molecule has 0 amide bonds. The minimum absolute atomic E-state index is 0.0776. The normalized spacial score (nSPS) is 13.6. The van der Waals surface area contributed by atoms with Crippen molar-refractivity contribution in [2.75, 3.05) is 0 Å². The van der Waals surface area contributed by atoms with Crippen LogP contribution >= 0.6 is 11.6 Å². The Hall–Kier alpha value is -1.03. The van der Waals surface area contributed by atoms with Gasteiger partial charge in [-0.1, -0.05) is 20.8 Å². The second kappa shape index (κ2) is 6.17. The van der Waals surface area contributed by atoms with Crippen LogP contribution in [-0.4, -0.2) is 19.3 Å². The molecule has 112 valence electrons. The van der Waals surface area contributed by atoms with Gasteiger partial charge in [0.05, 0.1) is 11.1 Å². The molecular formula is C15H25ClN4. The first kappa shape index (κ1) is 15.4. The molecule has 0 bridgehead atoms. The quantitative estimate of drug-likeness (QED) is 0.753. The van der Waals surface area contributed by atoms with E-state index < -0.39 is 0 Å². The number of fused-ring (bicyclic) bond motifs is 1. The molecule has 4 nitrogen and oxygen atoms in total. The van der Waals surface area contributed by atoms with Crippen molar-refractivity contribution >= 4 is 22.8 Å². The molecule has 0 aliphatic carbocycles. The molecule has 2 rings (SSSR count). The van der Waals surface area contributed by atoms with Crippen LogP contribution in [0.4, 0.5) is 0 Å². The first-order valence-corrected chi connectivity index (χ1v) is 7.95. The maximum Gasteiger partial charge on any atom is 0.158 e. The molecule has 0 spiro atoms. The highest BCUT2D eigenvalue weighted by molar-refractivity contribution is 6.20. The van der Waals surface area contributed by atoms with Gasteiger partial charge >= 0.3 is 0 Å². The maximum atomic E-state index is 6.31. The molecule has 0 saturated heterocycles. The molecule has 1 atom stereocenters. The molecule has 0 saturated carbocycles. The molecule has 0 fully saturated rings. The van der Waals surface area contributed by atoms with E-state index in [1.54, 1.807) is 0 Å². The molecule has 2 aromatic heterocycles. The van der Waals surface area contributed by atoms with Gasteiger partial charge in [0.1, 0.15) is 11.3 Å². The highest BCUT2D eigenvalue weighted by Crippen LogP contribution is 2.27. The van der Waals surface area contributed by atoms with Crippen molar-refractivity contribution in [1.82, 2.24) is 19.3 Å². The van der Waals surface area contributed by atoms with Gasteiger partial charge in [0.25, 0.3) is 0 Å². The van der Waals surface area contributed by atoms with E-state index in [2.05, 4.69) is 30.4 Å². The lowest BCUT2D eigenvalue weighted by atomic mass is 10.1. The molecule has 5 heteroatoms. The SMILES string of the molecule is CCc1nn(C)c2c1nc(C(C)Cl)n2CCCC(C)C. The summed E-state index contributed by atoms with van der Waals surface area (Å²) in [5.41, 5.74) is 3.18. The van der Waals surface area contributed by atoms with Crippen LogP contribution in [0, 0.1) is 5.92 Å². The molecule has 1 unspecified atom stereocenters. The minimum atomic E-state index is -0.0776. The van der Waals surface area contributed by atoms with Crippen LogP contribution < -0.4 is 0 Å². The van der Waals surface area contributed by atoms with E-state index in [1.807, 2.05) is 18.7 Å². The first-order valence-electron chi connectivity index (χ1n) is 7.51. The third kappa shape index (κ3) is 2.85. The number of imidazole rings is 1.